The predicted molar refractivity (Wildman–Crippen MR) is 178 cm³/mol. The van der Waals surface area contributed by atoms with Gasteiger partial charge in [-0.1, -0.05) is 103 Å². The summed E-state index contributed by atoms with van der Waals surface area (Å²) < 4.78 is 29.5. The van der Waals surface area contributed by atoms with Crippen molar-refractivity contribution >= 4 is 27.5 Å². The number of amides is 2. The maximum absolute atomic E-state index is 14.6. The summed E-state index contributed by atoms with van der Waals surface area (Å²) in [5.41, 5.74) is 3.94. The van der Waals surface area contributed by atoms with Crippen molar-refractivity contribution in [1.29, 1.82) is 0 Å². The Kier molecular flexibility index (Phi) is 10.4. The first kappa shape index (κ1) is 32.0. The van der Waals surface area contributed by atoms with Crippen molar-refractivity contribution in [3.63, 3.8) is 0 Å². The van der Waals surface area contributed by atoms with Crippen LogP contribution in [0.25, 0.3) is 0 Å². The topological polar surface area (TPSA) is 86.8 Å². The first-order valence-electron chi connectivity index (χ1n) is 15.5. The van der Waals surface area contributed by atoms with E-state index in [1.165, 1.54) is 4.31 Å². The van der Waals surface area contributed by atoms with Crippen LogP contribution in [0.2, 0.25) is 0 Å². The lowest BCUT2D eigenvalue weighted by Gasteiger charge is -2.34. The molecule has 45 heavy (non-hydrogen) atoms. The van der Waals surface area contributed by atoms with Crippen LogP contribution in [-0.4, -0.2) is 43.8 Å². The van der Waals surface area contributed by atoms with E-state index in [4.69, 9.17) is 0 Å². The third-order valence-corrected chi connectivity index (χ3v) is 10.1. The fourth-order valence-corrected chi connectivity index (χ4v) is 7.26. The number of anilines is 1. The van der Waals surface area contributed by atoms with Crippen LogP contribution in [0.1, 0.15) is 47.9 Å². The van der Waals surface area contributed by atoms with E-state index in [1.807, 2.05) is 80.6 Å². The molecule has 0 radical (unpaired) electrons. The van der Waals surface area contributed by atoms with E-state index in [2.05, 4.69) is 5.32 Å². The van der Waals surface area contributed by atoms with Crippen molar-refractivity contribution in [3.8, 4) is 0 Å². The maximum atomic E-state index is 14.6. The minimum Gasteiger partial charge on any atom is -0.352 e. The summed E-state index contributed by atoms with van der Waals surface area (Å²) in [5, 5.41) is 3.21. The van der Waals surface area contributed by atoms with E-state index in [-0.39, 0.29) is 23.4 Å². The number of nitrogens with one attached hydrogen (secondary N) is 1. The van der Waals surface area contributed by atoms with Gasteiger partial charge in [0, 0.05) is 19.0 Å². The number of rotatable bonds is 12. The number of carbonyl (C=O) groups excluding carboxylic acids is 2. The van der Waals surface area contributed by atoms with E-state index in [0.717, 1.165) is 47.9 Å². The summed E-state index contributed by atoms with van der Waals surface area (Å²) >= 11 is 0. The highest BCUT2D eigenvalue weighted by Crippen LogP contribution is 2.26. The lowest BCUT2D eigenvalue weighted by atomic mass is 10.0. The first-order chi connectivity index (χ1) is 21.7. The van der Waals surface area contributed by atoms with Crippen LogP contribution >= 0.6 is 0 Å². The number of benzene rings is 4. The van der Waals surface area contributed by atoms with Crippen LogP contribution in [-0.2, 0) is 32.6 Å². The third kappa shape index (κ3) is 8.19. The highest BCUT2D eigenvalue weighted by Gasteiger charge is 2.35. The van der Waals surface area contributed by atoms with Crippen LogP contribution in [0.5, 0.6) is 0 Å². The molecular weight excluding hydrogens is 582 g/mol. The Morgan fingerprint density at radius 3 is 2.02 bits per heavy atom. The highest BCUT2D eigenvalue weighted by atomic mass is 32.2. The maximum Gasteiger partial charge on any atom is 0.264 e. The zero-order valence-corrected chi connectivity index (χ0v) is 26.7. The molecule has 4 aromatic carbocycles. The van der Waals surface area contributed by atoms with Crippen LogP contribution < -0.4 is 9.62 Å². The van der Waals surface area contributed by atoms with E-state index >= 15 is 0 Å². The van der Waals surface area contributed by atoms with Gasteiger partial charge in [0.1, 0.15) is 12.6 Å². The predicted octanol–water partition coefficient (Wildman–Crippen LogP) is 6.20. The van der Waals surface area contributed by atoms with E-state index in [1.54, 1.807) is 47.4 Å². The summed E-state index contributed by atoms with van der Waals surface area (Å²) in [6.07, 6.45) is 4.23. The molecule has 1 atom stereocenters. The SMILES string of the molecule is Cc1ccc(S(=O)(=O)N(CC(=O)N(Cc2ccccc2)[C@H](Cc2ccccc2)C(=O)NC2CCCC2)c2cccc(C)c2)cc1. The van der Waals surface area contributed by atoms with Crippen LogP contribution in [0.4, 0.5) is 5.69 Å². The van der Waals surface area contributed by atoms with E-state index in [9.17, 15) is 18.0 Å². The van der Waals surface area contributed by atoms with E-state index < -0.39 is 28.5 Å². The second kappa shape index (κ2) is 14.6. The van der Waals surface area contributed by atoms with Gasteiger partial charge in [0.05, 0.1) is 10.6 Å². The van der Waals surface area contributed by atoms with Crippen LogP contribution in [0.15, 0.2) is 114 Å². The molecule has 7 nitrogen and oxygen atoms in total. The Bertz CT molecular complexity index is 1690. The molecule has 8 heteroatoms. The summed E-state index contributed by atoms with van der Waals surface area (Å²) in [7, 11) is -4.13. The quantitative estimate of drug-likeness (QED) is 0.204. The van der Waals surface area contributed by atoms with Gasteiger partial charge in [-0.25, -0.2) is 8.42 Å². The zero-order chi connectivity index (χ0) is 31.8. The average molecular weight is 624 g/mol. The summed E-state index contributed by atoms with van der Waals surface area (Å²) in [6.45, 7) is 3.46. The molecule has 1 aliphatic carbocycles. The molecular formula is C37H41N3O4S. The molecule has 0 unspecified atom stereocenters. The molecule has 2 amide bonds. The Balaban J connectivity index is 1.55. The summed E-state index contributed by atoms with van der Waals surface area (Å²) in [5.74, 6) is -0.683. The van der Waals surface area contributed by atoms with Crippen LogP contribution in [0.3, 0.4) is 0 Å². The lowest BCUT2D eigenvalue weighted by molar-refractivity contribution is -0.140. The van der Waals surface area contributed by atoms with Crippen molar-refractivity contribution < 1.29 is 18.0 Å². The molecule has 5 rings (SSSR count). The van der Waals surface area contributed by atoms with E-state index in [0.29, 0.717) is 12.1 Å². The van der Waals surface area contributed by atoms with Gasteiger partial charge >= 0.3 is 0 Å². The smallest absolute Gasteiger partial charge is 0.264 e. The Labute approximate surface area is 266 Å². The standard InChI is InChI=1S/C37H41N3O4S/c1-28-20-22-34(23-21-28)45(43,44)40(33-19-11-12-29(2)24-33)27-36(41)39(26-31-15-7-4-8-16-31)35(25-30-13-5-3-6-14-30)37(42)38-32-17-9-10-18-32/h3-8,11-16,19-24,32,35H,9-10,17-18,25-27H2,1-2H3,(H,38,42)/t35-/m1/s1. The molecule has 0 aliphatic heterocycles. The Morgan fingerprint density at radius 2 is 1.40 bits per heavy atom. The molecule has 0 saturated heterocycles. The van der Waals surface area contributed by atoms with Gasteiger partial charge in [0.25, 0.3) is 10.0 Å². The fraction of sp³-hybridized carbons (Fsp3) is 0.297. The van der Waals surface area contributed by atoms with Crippen molar-refractivity contribution in [2.45, 2.75) is 69.5 Å². The minimum atomic E-state index is -4.13. The monoisotopic (exact) mass is 623 g/mol. The van der Waals surface area contributed by atoms with Gasteiger partial charge in [0.2, 0.25) is 11.8 Å². The van der Waals surface area contributed by atoms with Crippen molar-refractivity contribution in [2.24, 2.45) is 0 Å². The third-order valence-electron chi connectivity index (χ3n) is 8.35. The lowest BCUT2D eigenvalue weighted by Crippen LogP contribution is -2.54. The van der Waals surface area contributed by atoms with Gasteiger partial charge in [-0.2, -0.15) is 0 Å². The average Bonchev–Trinajstić information content (AvgIpc) is 3.55. The molecule has 1 aliphatic rings. The molecule has 4 aromatic rings. The first-order valence-corrected chi connectivity index (χ1v) is 17.0. The fourth-order valence-electron chi connectivity index (χ4n) is 5.85. The van der Waals surface area contributed by atoms with Crippen molar-refractivity contribution in [1.82, 2.24) is 10.2 Å². The second-order valence-corrected chi connectivity index (χ2v) is 13.7. The Morgan fingerprint density at radius 1 is 0.778 bits per heavy atom. The van der Waals surface area contributed by atoms with Crippen LogP contribution in [0, 0.1) is 13.8 Å². The van der Waals surface area contributed by atoms with Crippen molar-refractivity contribution in [2.75, 3.05) is 10.8 Å². The minimum absolute atomic E-state index is 0.0650. The largest absolute Gasteiger partial charge is 0.352 e. The second-order valence-electron chi connectivity index (χ2n) is 11.9. The van der Waals surface area contributed by atoms with Gasteiger partial charge in [-0.3, -0.25) is 13.9 Å². The molecule has 0 heterocycles. The zero-order valence-electron chi connectivity index (χ0n) is 25.9. The highest BCUT2D eigenvalue weighted by molar-refractivity contribution is 7.92. The number of aryl methyl sites for hydroxylation is 2. The number of carbonyl (C=O) groups is 2. The number of sulfonamides is 1. The number of hydrogen-bond acceptors (Lipinski definition) is 4. The van der Waals surface area contributed by atoms with Gasteiger partial charge in [-0.05, 0) is 67.6 Å². The molecule has 1 N–H and O–H groups in total. The molecule has 0 aromatic heterocycles. The molecule has 0 spiro atoms. The number of nitrogens with zero attached hydrogens (tertiary/aromatic N) is 2. The van der Waals surface area contributed by atoms with Gasteiger partial charge in [-0.15, -0.1) is 0 Å². The summed E-state index contributed by atoms with van der Waals surface area (Å²) in [4.78, 5) is 30.3. The molecule has 1 fully saturated rings. The molecule has 0 bridgehead atoms. The normalized spacial score (nSPS) is 14.1. The van der Waals surface area contributed by atoms with Crippen molar-refractivity contribution in [3.05, 3.63) is 131 Å². The van der Waals surface area contributed by atoms with Gasteiger partial charge < -0.3 is 10.2 Å². The van der Waals surface area contributed by atoms with Gasteiger partial charge in [0.15, 0.2) is 0 Å². The molecule has 234 valence electrons. The molecule has 1 saturated carbocycles. The summed E-state index contributed by atoms with van der Waals surface area (Å²) in [6, 6.07) is 32.1. The Hall–Kier alpha value is -4.43. The number of hydrogen-bond donors (Lipinski definition) is 1.